The van der Waals surface area contributed by atoms with Gasteiger partial charge in [-0.05, 0) is 37.5 Å². The molecule has 0 bridgehead atoms. The fourth-order valence-corrected chi connectivity index (χ4v) is 3.09. The molecule has 0 N–H and O–H groups in total. The second-order valence-corrected chi connectivity index (χ2v) is 6.71. The molecule has 3 rings (SSSR count). The molecular weight excluding hydrogens is 314 g/mol. The third-order valence-corrected chi connectivity index (χ3v) is 4.03. The number of hydrogen-bond acceptors (Lipinski definition) is 6. The third kappa shape index (κ3) is 4.05. The minimum Gasteiger partial charge on any atom is -0.491 e. The molecule has 0 spiro atoms. The number of benzene rings is 1. The number of amides is 1. The van der Waals surface area contributed by atoms with Crippen LogP contribution in [0.25, 0.3) is 0 Å². The molecule has 0 unspecified atom stereocenters. The van der Waals surface area contributed by atoms with Gasteiger partial charge >= 0.3 is 0 Å². The summed E-state index contributed by atoms with van der Waals surface area (Å²) in [5, 5.41) is 5.53. The van der Waals surface area contributed by atoms with E-state index in [0.717, 1.165) is 5.75 Å². The number of hydrogen-bond donors (Lipinski definition) is 0. The monoisotopic (exact) mass is 333 g/mol. The van der Waals surface area contributed by atoms with E-state index in [1.165, 1.54) is 11.5 Å². The van der Waals surface area contributed by atoms with Crippen LogP contribution in [0, 0.1) is 0 Å². The number of carbonyl (C=O) groups excluding carboxylic acids is 1. The Morgan fingerprint density at radius 1 is 1.43 bits per heavy atom. The Labute approximate surface area is 139 Å². The van der Waals surface area contributed by atoms with E-state index in [0.29, 0.717) is 25.4 Å². The molecule has 0 aliphatic carbocycles. The lowest BCUT2D eigenvalue weighted by molar-refractivity contribution is -0.136. The van der Waals surface area contributed by atoms with Gasteiger partial charge in [0.25, 0.3) is 5.91 Å². The SMILES string of the molecule is CC1(C)CN(C(=O)c2csnn2)C[C@@H](COc2ccccc2)O1. The summed E-state index contributed by atoms with van der Waals surface area (Å²) in [6, 6.07) is 9.59. The Kier molecular flexibility index (Phi) is 4.58. The van der Waals surface area contributed by atoms with Crippen LogP contribution < -0.4 is 4.74 Å². The molecule has 7 heteroatoms. The highest BCUT2D eigenvalue weighted by atomic mass is 32.1. The van der Waals surface area contributed by atoms with E-state index < -0.39 is 5.60 Å². The van der Waals surface area contributed by atoms with Gasteiger partial charge in [0, 0.05) is 11.9 Å². The zero-order valence-electron chi connectivity index (χ0n) is 13.1. The number of aromatic nitrogens is 2. The number of para-hydroxylation sites is 1. The van der Waals surface area contributed by atoms with Crippen LogP contribution in [-0.2, 0) is 4.74 Å². The summed E-state index contributed by atoms with van der Waals surface area (Å²) in [6.45, 7) is 5.34. The van der Waals surface area contributed by atoms with Gasteiger partial charge in [-0.15, -0.1) is 5.10 Å². The summed E-state index contributed by atoms with van der Waals surface area (Å²) in [5.41, 5.74) is -0.0438. The van der Waals surface area contributed by atoms with Gasteiger partial charge in [-0.3, -0.25) is 4.79 Å². The zero-order valence-corrected chi connectivity index (χ0v) is 14.0. The van der Waals surface area contributed by atoms with Crippen LogP contribution in [0.1, 0.15) is 24.3 Å². The van der Waals surface area contributed by atoms with Crippen molar-refractivity contribution in [1.82, 2.24) is 14.5 Å². The molecule has 1 aromatic heterocycles. The van der Waals surface area contributed by atoms with Gasteiger partial charge in [0.15, 0.2) is 5.69 Å². The lowest BCUT2D eigenvalue weighted by Crippen LogP contribution is -2.56. The van der Waals surface area contributed by atoms with E-state index in [-0.39, 0.29) is 12.0 Å². The molecule has 1 aliphatic heterocycles. The predicted octanol–water partition coefficient (Wildman–Crippen LogP) is 2.24. The summed E-state index contributed by atoms with van der Waals surface area (Å²) in [4.78, 5) is 14.3. The lowest BCUT2D eigenvalue weighted by Gasteiger charge is -2.42. The quantitative estimate of drug-likeness (QED) is 0.858. The Bertz CT molecular complexity index is 646. The van der Waals surface area contributed by atoms with Gasteiger partial charge < -0.3 is 14.4 Å². The van der Waals surface area contributed by atoms with E-state index in [1.54, 1.807) is 10.3 Å². The van der Waals surface area contributed by atoms with Gasteiger partial charge in [0.2, 0.25) is 0 Å². The van der Waals surface area contributed by atoms with Crippen molar-refractivity contribution >= 4 is 17.4 Å². The minimum absolute atomic E-state index is 0.111. The molecule has 2 heterocycles. The minimum atomic E-state index is -0.428. The summed E-state index contributed by atoms with van der Waals surface area (Å²) in [7, 11) is 0. The van der Waals surface area contributed by atoms with Crippen molar-refractivity contribution in [2.75, 3.05) is 19.7 Å². The summed E-state index contributed by atoms with van der Waals surface area (Å²) >= 11 is 1.18. The van der Waals surface area contributed by atoms with Crippen LogP contribution in [0.2, 0.25) is 0 Å². The van der Waals surface area contributed by atoms with E-state index in [1.807, 2.05) is 44.2 Å². The highest BCUT2D eigenvalue weighted by Crippen LogP contribution is 2.23. The maximum absolute atomic E-state index is 12.5. The fourth-order valence-electron chi connectivity index (χ4n) is 2.66. The molecule has 6 nitrogen and oxygen atoms in total. The van der Waals surface area contributed by atoms with Gasteiger partial charge in [-0.2, -0.15) is 0 Å². The molecule has 122 valence electrons. The van der Waals surface area contributed by atoms with Gasteiger partial charge in [-0.25, -0.2) is 0 Å². The van der Waals surface area contributed by atoms with E-state index >= 15 is 0 Å². The smallest absolute Gasteiger partial charge is 0.275 e. The third-order valence-electron chi connectivity index (χ3n) is 3.53. The first kappa shape index (κ1) is 15.9. The number of nitrogens with zero attached hydrogens (tertiary/aromatic N) is 3. The predicted molar refractivity (Wildman–Crippen MR) is 86.7 cm³/mol. The first-order chi connectivity index (χ1) is 11.0. The van der Waals surface area contributed by atoms with Crippen molar-refractivity contribution in [1.29, 1.82) is 0 Å². The maximum atomic E-state index is 12.5. The molecule has 23 heavy (non-hydrogen) atoms. The maximum Gasteiger partial charge on any atom is 0.275 e. The Balaban J connectivity index is 1.65. The topological polar surface area (TPSA) is 64.6 Å². The summed E-state index contributed by atoms with van der Waals surface area (Å²) in [6.07, 6.45) is -0.186. The molecule has 1 aromatic carbocycles. The van der Waals surface area contributed by atoms with Crippen LogP contribution in [0.3, 0.4) is 0 Å². The fraction of sp³-hybridized carbons (Fsp3) is 0.438. The molecule has 1 amide bonds. The van der Waals surface area contributed by atoms with Crippen LogP contribution in [0.4, 0.5) is 0 Å². The molecule has 0 saturated carbocycles. The average molecular weight is 333 g/mol. The first-order valence-electron chi connectivity index (χ1n) is 7.45. The van der Waals surface area contributed by atoms with Crippen molar-refractivity contribution in [2.45, 2.75) is 25.6 Å². The molecule has 1 saturated heterocycles. The molecule has 0 radical (unpaired) electrons. The second kappa shape index (κ2) is 6.64. The molecule has 1 fully saturated rings. The Hall–Kier alpha value is -1.99. The first-order valence-corrected chi connectivity index (χ1v) is 8.29. The number of morpholine rings is 1. The van der Waals surface area contributed by atoms with E-state index in [2.05, 4.69) is 9.59 Å². The van der Waals surface area contributed by atoms with Crippen molar-refractivity contribution in [3.63, 3.8) is 0 Å². The number of rotatable bonds is 4. The van der Waals surface area contributed by atoms with Crippen molar-refractivity contribution in [2.24, 2.45) is 0 Å². The summed E-state index contributed by atoms with van der Waals surface area (Å²) < 4.78 is 15.6. The largest absolute Gasteiger partial charge is 0.491 e. The lowest BCUT2D eigenvalue weighted by atomic mass is 10.0. The van der Waals surface area contributed by atoms with Gasteiger partial charge in [-0.1, -0.05) is 22.7 Å². The van der Waals surface area contributed by atoms with Crippen molar-refractivity contribution in [3.05, 3.63) is 41.4 Å². The molecule has 1 atom stereocenters. The average Bonchev–Trinajstić information content (AvgIpc) is 3.06. The number of carbonyl (C=O) groups is 1. The van der Waals surface area contributed by atoms with Crippen LogP contribution in [0.5, 0.6) is 5.75 Å². The zero-order chi connectivity index (χ0) is 16.3. The van der Waals surface area contributed by atoms with E-state index in [4.69, 9.17) is 9.47 Å². The van der Waals surface area contributed by atoms with Crippen LogP contribution in [0.15, 0.2) is 35.7 Å². The standard InChI is InChI=1S/C16H19N3O3S/c1-16(2)11-19(15(20)14-10-23-18-17-14)8-13(22-16)9-21-12-6-4-3-5-7-12/h3-7,10,13H,8-9,11H2,1-2H3/t13-/m0/s1. The highest BCUT2D eigenvalue weighted by molar-refractivity contribution is 7.03. The second-order valence-electron chi connectivity index (χ2n) is 6.10. The normalized spacial score (nSPS) is 20.3. The van der Waals surface area contributed by atoms with Gasteiger partial charge in [0.05, 0.1) is 12.1 Å². The molecule has 2 aromatic rings. The van der Waals surface area contributed by atoms with Gasteiger partial charge in [0.1, 0.15) is 18.5 Å². The highest BCUT2D eigenvalue weighted by Gasteiger charge is 2.36. The van der Waals surface area contributed by atoms with E-state index in [9.17, 15) is 4.79 Å². The molecular formula is C16H19N3O3S. The number of ether oxygens (including phenoxy) is 2. The molecule has 1 aliphatic rings. The van der Waals surface area contributed by atoms with Crippen LogP contribution >= 0.6 is 11.5 Å². The Morgan fingerprint density at radius 3 is 2.91 bits per heavy atom. The summed E-state index contributed by atoms with van der Waals surface area (Å²) in [5.74, 6) is 0.681. The van der Waals surface area contributed by atoms with Crippen LogP contribution in [-0.4, -0.2) is 51.8 Å². The van der Waals surface area contributed by atoms with Crippen molar-refractivity contribution < 1.29 is 14.3 Å². The van der Waals surface area contributed by atoms with Crippen molar-refractivity contribution in [3.8, 4) is 5.75 Å². The Morgan fingerprint density at radius 2 is 2.22 bits per heavy atom.